The van der Waals surface area contributed by atoms with Crippen LogP contribution in [0.2, 0.25) is 0 Å². The molecule has 1 aromatic heterocycles. The number of hydrogen-bond donors (Lipinski definition) is 2. The summed E-state index contributed by atoms with van der Waals surface area (Å²) in [5.41, 5.74) is 0.883. The first-order valence-corrected chi connectivity index (χ1v) is 13.5. The molecular formula is C31H29F3N4O3. The van der Waals surface area contributed by atoms with E-state index >= 15 is 0 Å². The summed E-state index contributed by atoms with van der Waals surface area (Å²) in [6.07, 6.45) is -1.29. The lowest BCUT2D eigenvalue weighted by molar-refractivity contribution is -0.152. The molecule has 7 nitrogen and oxygen atoms in total. The third-order valence-electron chi connectivity index (χ3n) is 8.66. The van der Waals surface area contributed by atoms with Gasteiger partial charge < -0.3 is 15.5 Å². The lowest BCUT2D eigenvalue weighted by Gasteiger charge is -2.43. The maximum atomic E-state index is 13.8. The number of nitrogens with zero attached hydrogens (tertiary/aromatic N) is 2. The molecule has 6 rings (SSSR count). The average Bonchev–Trinajstić information content (AvgIpc) is 3.43. The number of piperidine rings is 1. The van der Waals surface area contributed by atoms with Gasteiger partial charge in [0.05, 0.1) is 17.0 Å². The van der Waals surface area contributed by atoms with E-state index in [0.29, 0.717) is 37.2 Å². The summed E-state index contributed by atoms with van der Waals surface area (Å²) in [5, 5.41) is 5.70. The van der Waals surface area contributed by atoms with Gasteiger partial charge in [0.15, 0.2) is 0 Å². The molecule has 3 aromatic rings. The summed E-state index contributed by atoms with van der Waals surface area (Å²) in [4.78, 5) is 45.2. The van der Waals surface area contributed by atoms with Crippen molar-refractivity contribution < 1.29 is 27.6 Å². The molecular weight excluding hydrogens is 533 g/mol. The minimum Gasteiger partial charge on any atom is -0.326 e. The fourth-order valence-corrected chi connectivity index (χ4v) is 6.54. The molecule has 212 valence electrons. The van der Waals surface area contributed by atoms with Crippen molar-refractivity contribution in [2.45, 2.75) is 57.2 Å². The second-order valence-electron chi connectivity index (χ2n) is 11.8. The monoisotopic (exact) mass is 562 g/mol. The molecule has 10 heteroatoms. The Balaban J connectivity index is 1.23. The molecule has 0 saturated carbocycles. The van der Waals surface area contributed by atoms with Crippen LogP contribution in [0.15, 0.2) is 60.8 Å². The van der Waals surface area contributed by atoms with Crippen molar-refractivity contribution in [1.29, 1.82) is 0 Å². The molecule has 2 aromatic carbocycles. The van der Waals surface area contributed by atoms with Gasteiger partial charge in [-0.3, -0.25) is 14.4 Å². The van der Waals surface area contributed by atoms with Crippen molar-refractivity contribution in [3.63, 3.8) is 0 Å². The molecule has 1 fully saturated rings. The molecule has 1 aliphatic carbocycles. The SMILES string of the molecule is CC1(C)CC[C@@H](c2ccccc2C(F)(F)F)N(CC(=O)Nc2ccc3c(c2)C[C@@]2(C3)C(=O)Nc3ncccc32)C1=O. The molecule has 0 unspecified atom stereocenters. The predicted octanol–water partition coefficient (Wildman–Crippen LogP) is 5.42. The number of rotatable bonds is 4. The molecule has 0 bridgehead atoms. The van der Waals surface area contributed by atoms with Gasteiger partial charge in [-0.2, -0.15) is 13.2 Å². The van der Waals surface area contributed by atoms with Crippen molar-refractivity contribution in [2.24, 2.45) is 5.41 Å². The van der Waals surface area contributed by atoms with Crippen LogP contribution in [0.25, 0.3) is 0 Å². The average molecular weight is 563 g/mol. The zero-order valence-corrected chi connectivity index (χ0v) is 22.6. The van der Waals surface area contributed by atoms with Crippen molar-refractivity contribution in [3.05, 3.63) is 88.6 Å². The van der Waals surface area contributed by atoms with Crippen molar-refractivity contribution in [1.82, 2.24) is 9.88 Å². The maximum Gasteiger partial charge on any atom is 0.416 e. The second kappa shape index (κ2) is 9.43. The topological polar surface area (TPSA) is 91.4 Å². The number of halogens is 3. The number of fused-ring (bicyclic) bond motifs is 3. The lowest BCUT2D eigenvalue weighted by Crippen LogP contribution is -2.50. The molecule has 2 aliphatic heterocycles. The molecule has 2 atom stereocenters. The lowest BCUT2D eigenvalue weighted by atomic mass is 9.78. The Kier molecular flexibility index (Phi) is 6.20. The van der Waals surface area contributed by atoms with E-state index in [2.05, 4.69) is 15.6 Å². The number of carbonyl (C=O) groups excluding carboxylic acids is 3. The van der Waals surface area contributed by atoms with Crippen molar-refractivity contribution >= 4 is 29.2 Å². The summed E-state index contributed by atoms with van der Waals surface area (Å²) < 4.78 is 41.5. The van der Waals surface area contributed by atoms with Crippen molar-refractivity contribution in [2.75, 3.05) is 17.2 Å². The molecule has 3 aliphatic rings. The number of hydrogen-bond acceptors (Lipinski definition) is 4. The molecule has 41 heavy (non-hydrogen) atoms. The molecule has 1 saturated heterocycles. The third-order valence-corrected chi connectivity index (χ3v) is 8.66. The third kappa shape index (κ3) is 4.55. The van der Waals surface area contributed by atoms with Gasteiger partial charge in [0.25, 0.3) is 0 Å². The Morgan fingerprint density at radius 1 is 1.07 bits per heavy atom. The highest BCUT2D eigenvalue weighted by atomic mass is 19.4. The van der Waals surface area contributed by atoms with E-state index < -0.39 is 34.5 Å². The normalized spacial score (nSPS) is 22.9. The first kappa shape index (κ1) is 27.0. The highest BCUT2D eigenvalue weighted by molar-refractivity contribution is 6.06. The standard InChI is InChI=1S/C31H29F3N4O3/c1-29(2)12-11-24(21-6-3-4-7-22(21)31(32,33)34)38(28(29)41)17-25(39)36-20-10-9-18-15-30(16-19(18)14-20)23-8-5-13-35-26(23)37-27(30)40/h3-10,13-14,24H,11-12,15-17H2,1-2H3,(H,36,39)(H,35,37,40)/t24-,30+/m0/s1. The van der Waals surface area contributed by atoms with E-state index in [-0.39, 0.29) is 23.9 Å². The summed E-state index contributed by atoms with van der Waals surface area (Å²) in [6.45, 7) is 3.10. The van der Waals surface area contributed by atoms with Gasteiger partial charge in [-0.1, -0.05) is 44.2 Å². The predicted molar refractivity (Wildman–Crippen MR) is 146 cm³/mol. The van der Waals surface area contributed by atoms with E-state index in [1.807, 2.05) is 18.2 Å². The zero-order chi connectivity index (χ0) is 29.2. The smallest absolute Gasteiger partial charge is 0.326 e. The van der Waals surface area contributed by atoms with Crippen molar-refractivity contribution in [3.8, 4) is 0 Å². The Bertz CT molecular complexity index is 1580. The number of amides is 3. The van der Waals surface area contributed by atoms with Crippen LogP contribution in [0.5, 0.6) is 0 Å². The van der Waals surface area contributed by atoms with Crippen LogP contribution in [0.4, 0.5) is 24.7 Å². The summed E-state index contributed by atoms with van der Waals surface area (Å²) in [7, 11) is 0. The number of benzene rings is 2. The Morgan fingerprint density at radius 2 is 1.83 bits per heavy atom. The number of anilines is 2. The highest BCUT2D eigenvalue weighted by Crippen LogP contribution is 2.47. The van der Waals surface area contributed by atoms with E-state index in [1.54, 1.807) is 32.2 Å². The van der Waals surface area contributed by atoms with E-state index in [1.165, 1.54) is 23.1 Å². The first-order chi connectivity index (χ1) is 19.4. The first-order valence-electron chi connectivity index (χ1n) is 13.5. The van der Waals surface area contributed by atoms with Gasteiger partial charge in [-0.15, -0.1) is 0 Å². The number of nitrogens with one attached hydrogen (secondary N) is 2. The van der Waals surface area contributed by atoms with Gasteiger partial charge in [0.1, 0.15) is 12.4 Å². The second-order valence-corrected chi connectivity index (χ2v) is 11.8. The largest absolute Gasteiger partial charge is 0.416 e. The van der Waals surface area contributed by atoms with Gasteiger partial charge in [0, 0.05) is 22.9 Å². The number of aromatic nitrogens is 1. The van der Waals surface area contributed by atoms with Gasteiger partial charge in [-0.25, -0.2) is 4.98 Å². The highest BCUT2D eigenvalue weighted by Gasteiger charge is 2.51. The fourth-order valence-electron chi connectivity index (χ4n) is 6.54. The van der Waals surface area contributed by atoms with E-state index in [9.17, 15) is 27.6 Å². The molecule has 1 spiro atoms. The summed E-state index contributed by atoms with van der Waals surface area (Å²) in [5.74, 6) is -0.415. The van der Waals surface area contributed by atoms with Crippen LogP contribution >= 0.6 is 0 Å². The van der Waals surface area contributed by atoms with Gasteiger partial charge >= 0.3 is 6.18 Å². The summed E-state index contributed by atoms with van der Waals surface area (Å²) in [6, 6.07) is 13.5. The quantitative estimate of drug-likeness (QED) is 0.445. The number of alkyl halides is 3. The van der Waals surface area contributed by atoms with Gasteiger partial charge in [0.2, 0.25) is 17.7 Å². The molecule has 2 N–H and O–H groups in total. The molecule has 3 amide bonds. The Hall–Kier alpha value is -4.21. The maximum absolute atomic E-state index is 13.8. The minimum absolute atomic E-state index is 0.0101. The number of likely N-dealkylation sites (tertiary alicyclic amines) is 1. The van der Waals surface area contributed by atoms with Crippen LogP contribution in [0, 0.1) is 5.41 Å². The van der Waals surface area contributed by atoms with E-state index in [0.717, 1.165) is 22.8 Å². The Labute approximate surface area is 235 Å². The molecule has 0 radical (unpaired) electrons. The van der Waals surface area contributed by atoms with Crippen LogP contribution in [-0.2, 0) is 38.8 Å². The van der Waals surface area contributed by atoms with Crippen LogP contribution in [0.1, 0.15) is 60.5 Å². The zero-order valence-electron chi connectivity index (χ0n) is 22.6. The molecule has 3 heterocycles. The Morgan fingerprint density at radius 3 is 2.61 bits per heavy atom. The van der Waals surface area contributed by atoms with Gasteiger partial charge in [-0.05, 0) is 66.6 Å². The minimum atomic E-state index is -4.59. The number of carbonyl (C=O) groups is 3. The van der Waals surface area contributed by atoms with Crippen LogP contribution < -0.4 is 10.6 Å². The van der Waals surface area contributed by atoms with E-state index in [4.69, 9.17) is 0 Å². The van der Waals surface area contributed by atoms with Crippen LogP contribution in [0.3, 0.4) is 0 Å². The fraction of sp³-hybridized carbons (Fsp3) is 0.355. The number of pyridine rings is 1. The van der Waals surface area contributed by atoms with Crippen LogP contribution in [-0.4, -0.2) is 34.2 Å². The summed E-state index contributed by atoms with van der Waals surface area (Å²) >= 11 is 0.